The predicted molar refractivity (Wildman–Crippen MR) is 126 cm³/mol. The van der Waals surface area contributed by atoms with Gasteiger partial charge < -0.3 is 9.47 Å². The van der Waals surface area contributed by atoms with E-state index in [1.54, 1.807) is 37.3 Å². The van der Waals surface area contributed by atoms with Gasteiger partial charge in [-0.3, -0.25) is 0 Å². The molecule has 32 heavy (non-hydrogen) atoms. The zero-order chi connectivity index (χ0) is 22.8. The van der Waals surface area contributed by atoms with Crippen molar-refractivity contribution in [2.75, 3.05) is 6.61 Å². The largest absolute Gasteiger partial charge is 0.463 e. The van der Waals surface area contributed by atoms with Gasteiger partial charge in [-0.05, 0) is 61.7 Å². The Kier molecular flexibility index (Phi) is 8.39. The smallest absolute Gasteiger partial charge is 0.330 e. The third kappa shape index (κ3) is 5.95. The highest BCUT2D eigenvalue weighted by molar-refractivity contribution is 6.07. The SMILES string of the molecule is CCCCCCC(/C=C/C(=O)OCC)=C1\OC(=Nc2ccc(C#N)cc2)c2ccccc21. The molecule has 0 atom stereocenters. The second-order valence-electron chi connectivity index (χ2n) is 7.47. The summed E-state index contributed by atoms with van der Waals surface area (Å²) in [4.78, 5) is 16.6. The zero-order valence-corrected chi connectivity index (χ0v) is 18.6. The molecule has 3 rings (SSSR count). The molecule has 1 aliphatic rings. The molecule has 0 aliphatic carbocycles. The number of unbranched alkanes of at least 4 members (excludes halogenated alkanes) is 3. The fraction of sp³-hybridized carbons (Fsp3) is 0.296. The second-order valence-corrected chi connectivity index (χ2v) is 7.47. The molecule has 0 amide bonds. The number of benzene rings is 2. The lowest BCUT2D eigenvalue weighted by atomic mass is 10.00. The monoisotopic (exact) mass is 428 g/mol. The summed E-state index contributed by atoms with van der Waals surface area (Å²) in [6, 6.07) is 17.1. The van der Waals surface area contributed by atoms with E-state index in [0.29, 0.717) is 23.8 Å². The van der Waals surface area contributed by atoms with Gasteiger partial charge in [0.1, 0.15) is 5.76 Å². The van der Waals surface area contributed by atoms with Crippen LogP contribution in [0.3, 0.4) is 0 Å². The van der Waals surface area contributed by atoms with Crippen molar-refractivity contribution in [3.8, 4) is 6.07 Å². The molecule has 0 saturated carbocycles. The van der Waals surface area contributed by atoms with E-state index in [-0.39, 0.29) is 5.97 Å². The van der Waals surface area contributed by atoms with E-state index in [4.69, 9.17) is 14.7 Å². The quantitative estimate of drug-likeness (QED) is 0.261. The van der Waals surface area contributed by atoms with Crippen LogP contribution in [-0.4, -0.2) is 18.5 Å². The Morgan fingerprint density at radius 3 is 2.47 bits per heavy atom. The maximum atomic E-state index is 11.9. The summed E-state index contributed by atoms with van der Waals surface area (Å²) in [7, 11) is 0. The van der Waals surface area contributed by atoms with Crippen LogP contribution in [0.25, 0.3) is 5.76 Å². The number of hydrogen-bond donors (Lipinski definition) is 0. The number of esters is 1. The van der Waals surface area contributed by atoms with E-state index in [2.05, 4.69) is 18.0 Å². The lowest BCUT2D eigenvalue weighted by molar-refractivity contribution is -0.137. The molecule has 0 N–H and O–H groups in total. The van der Waals surface area contributed by atoms with Crippen molar-refractivity contribution in [2.45, 2.75) is 46.0 Å². The van der Waals surface area contributed by atoms with E-state index < -0.39 is 0 Å². The number of rotatable bonds is 9. The highest BCUT2D eigenvalue weighted by Gasteiger charge is 2.26. The molecule has 0 saturated heterocycles. The van der Waals surface area contributed by atoms with Crippen molar-refractivity contribution in [3.05, 3.63) is 82.9 Å². The first-order chi connectivity index (χ1) is 15.7. The molecule has 0 unspecified atom stereocenters. The Morgan fingerprint density at radius 1 is 1.03 bits per heavy atom. The van der Waals surface area contributed by atoms with Crippen molar-refractivity contribution in [1.29, 1.82) is 5.26 Å². The highest BCUT2D eigenvalue weighted by Crippen LogP contribution is 2.35. The van der Waals surface area contributed by atoms with E-state index in [1.807, 2.05) is 24.3 Å². The summed E-state index contributed by atoms with van der Waals surface area (Å²) in [6.07, 6.45) is 8.53. The zero-order valence-electron chi connectivity index (χ0n) is 18.6. The van der Waals surface area contributed by atoms with Crippen LogP contribution in [0.5, 0.6) is 0 Å². The van der Waals surface area contributed by atoms with Gasteiger partial charge in [-0.2, -0.15) is 5.26 Å². The molecule has 5 nitrogen and oxygen atoms in total. The molecular weight excluding hydrogens is 400 g/mol. The Hall–Kier alpha value is -3.65. The van der Waals surface area contributed by atoms with E-state index in [1.165, 1.54) is 12.5 Å². The summed E-state index contributed by atoms with van der Waals surface area (Å²) in [5.74, 6) is 0.873. The van der Waals surface area contributed by atoms with Gasteiger partial charge in [-0.25, -0.2) is 9.79 Å². The third-order valence-electron chi connectivity index (χ3n) is 5.13. The average molecular weight is 429 g/mol. The van der Waals surface area contributed by atoms with Crippen molar-refractivity contribution >= 4 is 23.3 Å². The van der Waals surface area contributed by atoms with E-state index in [9.17, 15) is 4.79 Å². The number of carbonyl (C=O) groups is 1. The molecular formula is C27H28N2O3. The van der Waals surface area contributed by atoms with Crippen LogP contribution < -0.4 is 0 Å². The first-order valence-electron chi connectivity index (χ1n) is 11.1. The average Bonchev–Trinajstić information content (AvgIpc) is 3.17. The number of nitriles is 1. The summed E-state index contributed by atoms with van der Waals surface area (Å²) in [5.41, 5.74) is 4.11. The molecule has 1 heterocycles. The van der Waals surface area contributed by atoms with Crippen molar-refractivity contribution in [1.82, 2.24) is 0 Å². The molecule has 2 aromatic carbocycles. The minimum absolute atomic E-state index is 0.340. The van der Waals surface area contributed by atoms with E-state index >= 15 is 0 Å². The van der Waals surface area contributed by atoms with Crippen LogP contribution in [0.2, 0.25) is 0 Å². The van der Waals surface area contributed by atoms with Crippen LogP contribution in [0.15, 0.2) is 71.2 Å². The summed E-state index contributed by atoms with van der Waals surface area (Å²) >= 11 is 0. The molecule has 0 bridgehead atoms. The molecule has 1 aliphatic heterocycles. The van der Waals surface area contributed by atoms with E-state index in [0.717, 1.165) is 48.1 Å². The predicted octanol–water partition coefficient (Wildman–Crippen LogP) is 6.47. The van der Waals surface area contributed by atoms with Crippen LogP contribution in [0.1, 0.15) is 62.6 Å². The number of nitrogens with zero attached hydrogens (tertiary/aromatic N) is 2. The third-order valence-corrected chi connectivity index (χ3v) is 5.13. The van der Waals surface area contributed by atoms with Gasteiger partial charge in [-0.15, -0.1) is 0 Å². The fourth-order valence-corrected chi connectivity index (χ4v) is 3.50. The summed E-state index contributed by atoms with van der Waals surface area (Å²) in [6.45, 7) is 4.31. The van der Waals surface area contributed by atoms with Gasteiger partial charge in [0, 0.05) is 17.2 Å². The standard InChI is InChI=1S/C27H28N2O3/c1-3-5-6-7-10-21(15-18-25(30)31-4-2)26-23-11-8-9-12-24(23)27(32-26)29-22-16-13-20(19-28)14-17-22/h8-9,11-18H,3-7,10H2,1-2H3/b18-15+,26-21+,29-27?. The molecule has 2 aromatic rings. The minimum atomic E-state index is -0.364. The van der Waals surface area contributed by atoms with Gasteiger partial charge in [0.2, 0.25) is 5.90 Å². The Morgan fingerprint density at radius 2 is 1.78 bits per heavy atom. The highest BCUT2D eigenvalue weighted by atomic mass is 16.5. The van der Waals surface area contributed by atoms with Gasteiger partial charge >= 0.3 is 5.97 Å². The van der Waals surface area contributed by atoms with Gasteiger partial charge in [0.25, 0.3) is 0 Å². The molecule has 0 aromatic heterocycles. The van der Waals surface area contributed by atoms with Gasteiger partial charge in [-0.1, -0.05) is 44.4 Å². The van der Waals surface area contributed by atoms with Crippen molar-refractivity contribution in [3.63, 3.8) is 0 Å². The number of aliphatic imine (C=N–C) groups is 1. The lowest BCUT2D eigenvalue weighted by Gasteiger charge is -2.08. The summed E-state index contributed by atoms with van der Waals surface area (Å²) in [5, 5.41) is 9.01. The normalized spacial score (nSPS) is 15.3. The number of carbonyl (C=O) groups excluding carboxylic acids is 1. The Balaban J connectivity index is 1.98. The topological polar surface area (TPSA) is 71.7 Å². The van der Waals surface area contributed by atoms with Gasteiger partial charge in [0.15, 0.2) is 0 Å². The van der Waals surface area contributed by atoms with Crippen molar-refractivity contribution < 1.29 is 14.3 Å². The van der Waals surface area contributed by atoms with Crippen LogP contribution in [0.4, 0.5) is 5.69 Å². The number of fused-ring (bicyclic) bond motifs is 1. The lowest BCUT2D eigenvalue weighted by Crippen LogP contribution is -2.00. The molecule has 164 valence electrons. The second kappa shape index (κ2) is 11.7. The Bertz CT molecular complexity index is 1070. The molecule has 0 radical (unpaired) electrons. The molecule has 0 fully saturated rings. The Labute approximate surface area is 189 Å². The summed E-state index contributed by atoms with van der Waals surface area (Å²) < 4.78 is 11.3. The number of allylic oxidation sites excluding steroid dienone is 2. The number of ether oxygens (including phenoxy) is 2. The maximum absolute atomic E-state index is 11.9. The first-order valence-corrected chi connectivity index (χ1v) is 11.1. The first kappa shape index (κ1) is 23.0. The van der Waals surface area contributed by atoms with Crippen LogP contribution in [0, 0.1) is 11.3 Å². The number of hydrogen-bond acceptors (Lipinski definition) is 5. The minimum Gasteiger partial charge on any atom is -0.463 e. The molecule has 0 spiro atoms. The maximum Gasteiger partial charge on any atom is 0.330 e. The van der Waals surface area contributed by atoms with Crippen molar-refractivity contribution in [2.24, 2.45) is 4.99 Å². The van der Waals surface area contributed by atoms with Crippen LogP contribution >= 0.6 is 0 Å². The molecule has 5 heteroatoms. The van der Waals surface area contributed by atoms with Gasteiger partial charge in [0.05, 0.1) is 23.9 Å². The van der Waals surface area contributed by atoms with Crippen LogP contribution in [-0.2, 0) is 14.3 Å². The fourth-order valence-electron chi connectivity index (χ4n) is 3.50.